The van der Waals surface area contributed by atoms with Gasteiger partial charge in [-0.15, -0.1) is 0 Å². The Kier molecular flexibility index (Phi) is 6.90. The second-order valence-electron chi connectivity index (χ2n) is 10.4. The van der Waals surface area contributed by atoms with E-state index >= 15 is 0 Å². The van der Waals surface area contributed by atoms with Gasteiger partial charge in [-0.25, -0.2) is 13.1 Å². The summed E-state index contributed by atoms with van der Waals surface area (Å²) in [6.45, 7) is 1.05. The second-order valence-corrected chi connectivity index (χ2v) is 12.5. The number of benzene rings is 1. The van der Waals surface area contributed by atoms with Gasteiger partial charge in [0.25, 0.3) is 5.91 Å². The molecule has 2 N–H and O–H groups in total. The molecule has 1 aromatic carbocycles. The number of halogens is 3. The summed E-state index contributed by atoms with van der Waals surface area (Å²) in [5, 5.41) is 10.4. The number of hydrogen-bond donors (Lipinski definition) is 2. The standard InChI is InChI=1S/C25H29F3N4O6S/c1-3-37-17-9-15(10-17)32-22(29-20(33)12-39(2,35)36)21-19(31-32)11-24(30-23(21)34)7-6-14-8-16(4-5-18(14)24)38-13-25(26,27)28/h4-5,8,15,17H,3,6-7,9-13H2,1-2H3,(H,29,33)(H,30,34)/t15-,17-,24-/m0/s1. The molecule has 2 aromatic rings. The van der Waals surface area contributed by atoms with Crippen LogP contribution in [0.1, 0.15) is 59.4 Å². The van der Waals surface area contributed by atoms with Gasteiger partial charge in [0, 0.05) is 19.3 Å². The Morgan fingerprint density at radius 2 is 2.05 bits per heavy atom. The summed E-state index contributed by atoms with van der Waals surface area (Å²) < 4.78 is 73.2. The van der Waals surface area contributed by atoms with Crippen molar-refractivity contribution in [1.82, 2.24) is 15.1 Å². The number of nitrogens with one attached hydrogen (secondary N) is 2. The zero-order chi connectivity index (χ0) is 28.2. The minimum Gasteiger partial charge on any atom is -0.484 e. The van der Waals surface area contributed by atoms with E-state index in [-0.39, 0.29) is 29.3 Å². The lowest BCUT2D eigenvalue weighted by Gasteiger charge is -2.35. The number of carbonyl (C=O) groups excluding carboxylic acids is 2. The van der Waals surface area contributed by atoms with E-state index in [4.69, 9.17) is 14.6 Å². The highest BCUT2D eigenvalue weighted by atomic mass is 32.2. The normalized spacial score (nSPS) is 24.1. The predicted molar refractivity (Wildman–Crippen MR) is 133 cm³/mol. The summed E-state index contributed by atoms with van der Waals surface area (Å²) in [4.78, 5) is 26.1. The molecule has 0 bridgehead atoms. The van der Waals surface area contributed by atoms with Crippen LogP contribution in [0.15, 0.2) is 18.2 Å². The van der Waals surface area contributed by atoms with Crippen molar-refractivity contribution in [2.75, 3.05) is 30.5 Å². The van der Waals surface area contributed by atoms with Crippen molar-refractivity contribution < 1.29 is 40.7 Å². The molecule has 0 radical (unpaired) electrons. The number of aromatic nitrogens is 2. The van der Waals surface area contributed by atoms with Gasteiger partial charge in [-0.2, -0.15) is 18.3 Å². The predicted octanol–water partition coefficient (Wildman–Crippen LogP) is 2.67. The van der Waals surface area contributed by atoms with E-state index in [0.29, 0.717) is 44.4 Å². The van der Waals surface area contributed by atoms with E-state index < -0.39 is 45.7 Å². The molecule has 1 saturated carbocycles. The largest absolute Gasteiger partial charge is 0.484 e. The van der Waals surface area contributed by atoms with Crippen LogP contribution in [-0.4, -0.2) is 67.5 Å². The molecule has 1 atom stereocenters. The van der Waals surface area contributed by atoms with Crippen molar-refractivity contribution in [1.29, 1.82) is 0 Å². The molecule has 14 heteroatoms. The molecule has 2 aliphatic carbocycles. The molecule has 3 aliphatic rings. The van der Waals surface area contributed by atoms with Crippen LogP contribution in [0.2, 0.25) is 0 Å². The number of alkyl halides is 3. The summed E-state index contributed by atoms with van der Waals surface area (Å²) in [6, 6.07) is 4.55. The third kappa shape index (κ3) is 5.62. The Morgan fingerprint density at radius 1 is 1.31 bits per heavy atom. The van der Waals surface area contributed by atoms with E-state index in [1.165, 1.54) is 6.07 Å². The molecule has 5 rings (SSSR count). The van der Waals surface area contributed by atoms with E-state index in [0.717, 1.165) is 17.4 Å². The number of carbonyl (C=O) groups is 2. The highest BCUT2D eigenvalue weighted by Gasteiger charge is 2.47. The number of rotatable bonds is 8. The fourth-order valence-electron chi connectivity index (χ4n) is 5.65. The molecule has 0 saturated heterocycles. The smallest absolute Gasteiger partial charge is 0.422 e. The van der Waals surface area contributed by atoms with Gasteiger partial charge >= 0.3 is 6.18 Å². The molecular formula is C25H29F3N4O6S. The molecule has 10 nitrogen and oxygen atoms in total. The first-order chi connectivity index (χ1) is 18.3. The maximum atomic E-state index is 13.5. The summed E-state index contributed by atoms with van der Waals surface area (Å²) in [6.07, 6.45) is -0.903. The molecule has 1 spiro atoms. The fourth-order valence-corrected chi connectivity index (χ4v) is 6.20. The lowest BCUT2D eigenvalue weighted by molar-refractivity contribution is -0.153. The number of anilines is 1. The Balaban J connectivity index is 1.45. The molecule has 2 amide bonds. The highest BCUT2D eigenvalue weighted by molar-refractivity contribution is 7.91. The van der Waals surface area contributed by atoms with Gasteiger partial charge in [0.2, 0.25) is 5.91 Å². The van der Waals surface area contributed by atoms with Crippen molar-refractivity contribution in [3.05, 3.63) is 40.6 Å². The summed E-state index contributed by atoms with van der Waals surface area (Å²) >= 11 is 0. The van der Waals surface area contributed by atoms with Crippen molar-refractivity contribution >= 4 is 27.5 Å². The maximum absolute atomic E-state index is 13.5. The van der Waals surface area contributed by atoms with Crippen molar-refractivity contribution in [3.63, 3.8) is 0 Å². The molecule has 1 aliphatic heterocycles. The molecule has 0 unspecified atom stereocenters. The van der Waals surface area contributed by atoms with Crippen LogP contribution in [0.4, 0.5) is 19.0 Å². The van der Waals surface area contributed by atoms with Crippen LogP contribution in [0.25, 0.3) is 0 Å². The minimum atomic E-state index is -4.45. The van der Waals surface area contributed by atoms with Gasteiger partial charge in [-0.05, 0) is 55.9 Å². The Labute approximate surface area is 223 Å². The lowest BCUT2D eigenvalue weighted by atomic mass is 9.82. The fraction of sp³-hybridized carbons (Fsp3) is 0.560. The topological polar surface area (TPSA) is 129 Å². The van der Waals surface area contributed by atoms with Crippen LogP contribution in [-0.2, 0) is 37.7 Å². The lowest BCUT2D eigenvalue weighted by Crippen LogP contribution is -2.49. The van der Waals surface area contributed by atoms with Crippen LogP contribution < -0.4 is 15.4 Å². The summed E-state index contributed by atoms with van der Waals surface area (Å²) in [5.41, 5.74) is 1.37. The molecule has 1 aromatic heterocycles. The zero-order valence-corrected chi connectivity index (χ0v) is 22.2. The van der Waals surface area contributed by atoms with Gasteiger partial charge in [-0.1, -0.05) is 6.07 Å². The minimum absolute atomic E-state index is 0.0245. The van der Waals surface area contributed by atoms with Gasteiger partial charge in [-0.3, -0.25) is 9.59 Å². The Hall–Kier alpha value is -3.13. The number of nitrogens with zero attached hydrogens (tertiary/aromatic N) is 2. The van der Waals surface area contributed by atoms with Crippen molar-refractivity contribution in [2.45, 2.75) is 62.9 Å². The average Bonchev–Trinajstić information content (AvgIpc) is 3.31. The number of fused-ring (bicyclic) bond motifs is 3. The number of hydrogen-bond acceptors (Lipinski definition) is 7. The number of amides is 2. The quantitative estimate of drug-likeness (QED) is 0.499. The molecule has 212 valence electrons. The first kappa shape index (κ1) is 27.4. The third-order valence-corrected chi connectivity index (χ3v) is 8.10. The van der Waals surface area contributed by atoms with Crippen LogP contribution in [0.5, 0.6) is 5.75 Å². The molecule has 2 heterocycles. The summed E-state index contributed by atoms with van der Waals surface area (Å²) in [7, 11) is -3.60. The first-order valence-electron chi connectivity index (χ1n) is 12.6. The highest BCUT2D eigenvalue weighted by Crippen LogP contribution is 2.46. The number of ether oxygens (including phenoxy) is 2. The zero-order valence-electron chi connectivity index (χ0n) is 21.4. The van der Waals surface area contributed by atoms with E-state index in [2.05, 4.69) is 10.6 Å². The summed E-state index contributed by atoms with van der Waals surface area (Å²) in [5.74, 6) is -1.73. The van der Waals surface area contributed by atoms with E-state index in [9.17, 15) is 31.2 Å². The molecule has 1 fully saturated rings. The van der Waals surface area contributed by atoms with Crippen LogP contribution >= 0.6 is 0 Å². The van der Waals surface area contributed by atoms with Gasteiger partial charge in [0.1, 0.15) is 22.9 Å². The van der Waals surface area contributed by atoms with Crippen LogP contribution in [0.3, 0.4) is 0 Å². The van der Waals surface area contributed by atoms with E-state index in [1.54, 1.807) is 16.8 Å². The van der Waals surface area contributed by atoms with E-state index in [1.807, 2.05) is 6.92 Å². The van der Waals surface area contributed by atoms with Gasteiger partial charge in [0.15, 0.2) is 16.4 Å². The first-order valence-corrected chi connectivity index (χ1v) is 14.7. The number of aryl methyl sites for hydroxylation is 1. The second kappa shape index (κ2) is 9.81. The maximum Gasteiger partial charge on any atom is 0.422 e. The molecular weight excluding hydrogens is 541 g/mol. The van der Waals surface area contributed by atoms with Crippen molar-refractivity contribution in [2.24, 2.45) is 0 Å². The monoisotopic (exact) mass is 570 g/mol. The van der Waals surface area contributed by atoms with Crippen molar-refractivity contribution in [3.8, 4) is 5.75 Å². The SMILES string of the molecule is CCO[C@H]1C[C@H](n2nc3c(c2NC(=O)CS(C)(=O)=O)C(=O)N[C@@]2(CCc4cc(OCC(F)(F)F)ccc42)C3)C1. The third-order valence-electron chi connectivity index (χ3n) is 7.32. The average molecular weight is 571 g/mol. The Bertz CT molecular complexity index is 1420. The van der Waals surface area contributed by atoms with Gasteiger partial charge < -0.3 is 20.1 Å². The Morgan fingerprint density at radius 3 is 2.72 bits per heavy atom. The number of sulfone groups is 1. The van der Waals surface area contributed by atoms with Gasteiger partial charge in [0.05, 0.1) is 23.4 Å². The molecule has 39 heavy (non-hydrogen) atoms. The van der Waals surface area contributed by atoms with Crippen LogP contribution in [0, 0.1) is 0 Å².